The number of nitrogens with one attached hydrogen (secondary N) is 3. The zero-order valence-corrected chi connectivity index (χ0v) is 11.2. The summed E-state index contributed by atoms with van der Waals surface area (Å²) in [5.74, 6) is -0.0491. The molecule has 0 saturated heterocycles. The Morgan fingerprint density at radius 3 is 2.84 bits per heavy atom. The van der Waals surface area contributed by atoms with E-state index in [1.165, 1.54) is 0 Å². The molecule has 19 heavy (non-hydrogen) atoms. The van der Waals surface area contributed by atoms with E-state index in [1.807, 2.05) is 26.1 Å². The van der Waals surface area contributed by atoms with Gasteiger partial charge >= 0.3 is 0 Å². The molecule has 0 bridgehead atoms. The fraction of sp³-hybridized carbons (Fsp3) is 0.286. The van der Waals surface area contributed by atoms with Crippen molar-refractivity contribution in [3.63, 3.8) is 0 Å². The third-order valence-electron chi connectivity index (χ3n) is 2.94. The third-order valence-corrected chi connectivity index (χ3v) is 2.94. The van der Waals surface area contributed by atoms with Crippen LogP contribution in [0.4, 0.5) is 5.69 Å². The van der Waals surface area contributed by atoms with Gasteiger partial charge < -0.3 is 15.6 Å². The molecule has 0 radical (unpaired) electrons. The number of hydrogen-bond acceptors (Lipinski definition) is 3. The third kappa shape index (κ3) is 3.34. The Balaban J connectivity index is 1.77. The van der Waals surface area contributed by atoms with Crippen LogP contribution in [0.5, 0.6) is 0 Å². The largest absolute Gasteiger partial charge is 0.383 e. The Bertz CT molecular complexity index is 562. The van der Waals surface area contributed by atoms with Gasteiger partial charge in [-0.05, 0) is 31.5 Å². The van der Waals surface area contributed by atoms with Crippen LogP contribution < -0.4 is 10.6 Å². The molecule has 1 amide bonds. The Morgan fingerprint density at radius 1 is 1.32 bits per heavy atom. The maximum atomic E-state index is 11.8. The quantitative estimate of drug-likeness (QED) is 0.717. The minimum absolute atomic E-state index is 0.0491. The van der Waals surface area contributed by atoms with Crippen LogP contribution in [0.15, 0.2) is 30.7 Å². The SMILES string of the molecule is Cc1cnccc1NCCNC(=O)c1cc[nH]c1C. The zero-order chi connectivity index (χ0) is 13.7. The second kappa shape index (κ2) is 6.04. The topological polar surface area (TPSA) is 69.8 Å². The van der Waals surface area contributed by atoms with Crippen molar-refractivity contribution in [2.75, 3.05) is 18.4 Å². The normalized spacial score (nSPS) is 10.2. The molecular formula is C14H18N4O. The molecule has 0 aliphatic carbocycles. The first-order valence-corrected chi connectivity index (χ1v) is 6.25. The van der Waals surface area contributed by atoms with Crippen molar-refractivity contribution in [2.24, 2.45) is 0 Å². The Kier molecular flexibility index (Phi) is 4.18. The number of anilines is 1. The standard InChI is InChI=1S/C14H18N4O/c1-10-9-15-5-4-13(10)17-7-8-18-14(19)12-3-6-16-11(12)2/h3-6,9,16H,7-8H2,1-2H3,(H,15,17)(H,18,19). The molecule has 2 aromatic rings. The van der Waals surface area contributed by atoms with E-state index in [2.05, 4.69) is 20.6 Å². The minimum atomic E-state index is -0.0491. The van der Waals surface area contributed by atoms with Gasteiger partial charge in [0.25, 0.3) is 5.91 Å². The average molecular weight is 258 g/mol. The maximum absolute atomic E-state index is 11.8. The molecule has 0 aliphatic rings. The van der Waals surface area contributed by atoms with Crippen molar-refractivity contribution in [1.82, 2.24) is 15.3 Å². The van der Waals surface area contributed by atoms with Gasteiger partial charge in [-0.2, -0.15) is 0 Å². The monoisotopic (exact) mass is 258 g/mol. The number of H-pyrrole nitrogens is 1. The second-order valence-corrected chi connectivity index (χ2v) is 4.39. The van der Waals surface area contributed by atoms with Gasteiger partial charge in [0, 0.05) is 43.1 Å². The number of aromatic amines is 1. The molecule has 100 valence electrons. The van der Waals surface area contributed by atoms with Crippen molar-refractivity contribution in [3.05, 3.63) is 47.5 Å². The minimum Gasteiger partial charge on any atom is -0.383 e. The maximum Gasteiger partial charge on any atom is 0.253 e. The van der Waals surface area contributed by atoms with Gasteiger partial charge in [0.2, 0.25) is 0 Å². The number of rotatable bonds is 5. The van der Waals surface area contributed by atoms with E-state index in [1.54, 1.807) is 18.5 Å². The first kappa shape index (κ1) is 13.1. The van der Waals surface area contributed by atoms with Gasteiger partial charge in [-0.3, -0.25) is 9.78 Å². The lowest BCUT2D eigenvalue weighted by molar-refractivity contribution is 0.0955. The van der Waals surface area contributed by atoms with Crippen molar-refractivity contribution in [2.45, 2.75) is 13.8 Å². The number of pyridine rings is 1. The molecular weight excluding hydrogens is 240 g/mol. The Hall–Kier alpha value is -2.30. The number of hydrogen-bond donors (Lipinski definition) is 3. The summed E-state index contributed by atoms with van der Waals surface area (Å²) in [5.41, 5.74) is 3.72. The molecule has 3 N–H and O–H groups in total. The molecule has 0 aromatic carbocycles. The number of carbonyl (C=O) groups is 1. The highest BCUT2D eigenvalue weighted by Gasteiger charge is 2.08. The number of carbonyl (C=O) groups excluding carboxylic acids is 1. The van der Waals surface area contributed by atoms with Crippen molar-refractivity contribution in [1.29, 1.82) is 0 Å². The smallest absolute Gasteiger partial charge is 0.253 e. The van der Waals surface area contributed by atoms with E-state index < -0.39 is 0 Å². The summed E-state index contributed by atoms with van der Waals surface area (Å²) in [5, 5.41) is 6.14. The van der Waals surface area contributed by atoms with E-state index in [4.69, 9.17) is 0 Å². The lowest BCUT2D eigenvalue weighted by atomic mass is 10.2. The highest BCUT2D eigenvalue weighted by atomic mass is 16.1. The molecule has 0 fully saturated rings. The van der Waals surface area contributed by atoms with Gasteiger partial charge in [-0.25, -0.2) is 0 Å². The lowest BCUT2D eigenvalue weighted by Gasteiger charge is -2.09. The molecule has 0 saturated carbocycles. The van der Waals surface area contributed by atoms with Crippen LogP contribution >= 0.6 is 0 Å². The molecule has 0 aliphatic heterocycles. The predicted octanol–water partition coefficient (Wildman–Crippen LogP) is 1.87. The second-order valence-electron chi connectivity index (χ2n) is 4.39. The van der Waals surface area contributed by atoms with E-state index in [0.29, 0.717) is 18.7 Å². The summed E-state index contributed by atoms with van der Waals surface area (Å²) in [6.07, 6.45) is 5.32. The van der Waals surface area contributed by atoms with Crippen molar-refractivity contribution < 1.29 is 4.79 Å². The van der Waals surface area contributed by atoms with Crippen LogP contribution in [0, 0.1) is 13.8 Å². The van der Waals surface area contributed by atoms with E-state index in [9.17, 15) is 4.79 Å². The summed E-state index contributed by atoms with van der Waals surface area (Å²) in [7, 11) is 0. The van der Waals surface area contributed by atoms with Crippen LogP contribution in [0.3, 0.4) is 0 Å². The number of aryl methyl sites for hydroxylation is 2. The molecule has 2 rings (SSSR count). The predicted molar refractivity (Wildman–Crippen MR) is 75.3 cm³/mol. The lowest BCUT2D eigenvalue weighted by Crippen LogP contribution is -2.29. The summed E-state index contributed by atoms with van der Waals surface area (Å²) in [6.45, 7) is 5.13. The summed E-state index contributed by atoms with van der Waals surface area (Å²) < 4.78 is 0. The number of aromatic nitrogens is 2. The molecule has 0 atom stereocenters. The molecule has 2 aromatic heterocycles. The highest BCUT2D eigenvalue weighted by molar-refractivity contribution is 5.95. The van der Waals surface area contributed by atoms with Crippen molar-refractivity contribution >= 4 is 11.6 Å². The average Bonchev–Trinajstić information content (AvgIpc) is 2.82. The fourth-order valence-corrected chi connectivity index (χ4v) is 1.84. The molecule has 0 unspecified atom stereocenters. The number of amides is 1. The van der Waals surface area contributed by atoms with E-state index >= 15 is 0 Å². The van der Waals surface area contributed by atoms with E-state index in [0.717, 1.165) is 16.9 Å². The van der Waals surface area contributed by atoms with Crippen LogP contribution in [-0.2, 0) is 0 Å². The van der Waals surface area contributed by atoms with Gasteiger partial charge in [-0.15, -0.1) is 0 Å². The number of nitrogens with zero attached hydrogens (tertiary/aromatic N) is 1. The molecule has 0 spiro atoms. The van der Waals surface area contributed by atoms with Gasteiger partial charge in [0.15, 0.2) is 0 Å². The molecule has 5 heteroatoms. The summed E-state index contributed by atoms with van der Waals surface area (Å²) in [4.78, 5) is 18.9. The van der Waals surface area contributed by atoms with Gasteiger partial charge in [0.05, 0.1) is 5.56 Å². The molecule has 5 nitrogen and oxygen atoms in total. The highest BCUT2D eigenvalue weighted by Crippen LogP contribution is 2.10. The van der Waals surface area contributed by atoms with Gasteiger partial charge in [0.1, 0.15) is 0 Å². The summed E-state index contributed by atoms with van der Waals surface area (Å²) >= 11 is 0. The van der Waals surface area contributed by atoms with Crippen LogP contribution in [0.2, 0.25) is 0 Å². The van der Waals surface area contributed by atoms with Crippen molar-refractivity contribution in [3.8, 4) is 0 Å². The molecule has 2 heterocycles. The first-order chi connectivity index (χ1) is 9.18. The van der Waals surface area contributed by atoms with Crippen LogP contribution in [0.25, 0.3) is 0 Å². The fourth-order valence-electron chi connectivity index (χ4n) is 1.84. The first-order valence-electron chi connectivity index (χ1n) is 6.25. The Labute approximate surface area is 112 Å². The zero-order valence-electron chi connectivity index (χ0n) is 11.2. The van der Waals surface area contributed by atoms with E-state index in [-0.39, 0.29) is 5.91 Å². The van der Waals surface area contributed by atoms with Crippen LogP contribution in [0.1, 0.15) is 21.6 Å². The Morgan fingerprint density at radius 2 is 2.16 bits per heavy atom. The van der Waals surface area contributed by atoms with Gasteiger partial charge in [-0.1, -0.05) is 0 Å². The summed E-state index contributed by atoms with van der Waals surface area (Å²) in [6, 6.07) is 3.71. The van der Waals surface area contributed by atoms with Crippen LogP contribution in [-0.4, -0.2) is 29.0 Å².